The van der Waals surface area contributed by atoms with Crippen molar-refractivity contribution in [3.63, 3.8) is 0 Å². The first-order valence-electron chi connectivity index (χ1n) is 7.39. The molecule has 0 heterocycles. The second kappa shape index (κ2) is 5.71. The SMILES string of the molecule is Cc1ccc(C(O)C(C)c2ccccc2)c2ccccc12. The van der Waals surface area contributed by atoms with E-state index in [1.165, 1.54) is 10.9 Å². The Hall–Kier alpha value is -2.12. The molecule has 106 valence electrons. The van der Waals surface area contributed by atoms with Crippen LogP contribution in [0.2, 0.25) is 0 Å². The molecule has 0 aliphatic carbocycles. The van der Waals surface area contributed by atoms with E-state index in [1.54, 1.807) is 0 Å². The van der Waals surface area contributed by atoms with E-state index in [4.69, 9.17) is 0 Å². The van der Waals surface area contributed by atoms with Gasteiger partial charge in [0, 0.05) is 5.92 Å². The molecule has 21 heavy (non-hydrogen) atoms. The summed E-state index contributed by atoms with van der Waals surface area (Å²) in [5, 5.41) is 13.2. The highest BCUT2D eigenvalue weighted by Crippen LogP contribution is 2.35. The lowest BCUT2D eigenvalue weighted by molar-refractivity contribution is 0.153. The molecule has 0 amide bonds. The summed E-state index contributed by atoms with van der Waals surface area (Å²) in [7, 11) is 0. The van der Waals surface area contributed by atoms with Crippen LogP contribution in [0.3, 0.4) is 0 Å². The lowest BCUT2D eigenvalue weighted by Crippen LogP contribution is -2.08. The third-order valence-corrected chi connectivity index (χ3v) is 4.29. The largest absolute Gasteiger partial charge is 0.388 e. The maximum Gasteiger partial charge on any atom is 0.0861 e. The van der Waals surface area contributed by atoms with E-state index in [9.17, 15) is 5.11 Å². The summed E-state index contributed by atoms with van der Waals surface area (Å²) in [5.74, 6) is 0.0670. The molecule has 3 rings (SSSR count). The fraction of sp³-hybridized carbons (Fsp3) is 0.200. The average Bonchev–Trinajstić information content (AvgIpc) is 2.55. The smallest absolute Gasteiger partial charge is 0.0861 e. The fourth-order valence-electron chi connectivity index (χ4n) is 2.94. The average molecular weight is 276 g/mol. The number of hydrogen-bond donors (Lipinski definition) is 1. The topological polar surface area (TPSA) is 20.2 Å². The van der Waals surface area contributed by atoms with Crippen LogP contribution in [0.4, 0.5) is 0 Å². The third kappa shape index (κ3) is 2.57. The predicted octanol–water partition coefficient (Wildman–Crippen LogP) is 4.99. The Bertz CT molecular complexity index is 746. The van der Waals surface area contributed by atoms with Gasteiger partial charge in [-0.25, -0.2) is 0 Å². The Labute approximate surface area is 125 Å². The number of benzene rings is 3. The van der Waals surface area contributed by atoms with Crippen molar-refractivity contribution in [3.8, 4) is 0 Å². The minimum Gasteiger partial charge on any atom is -0.388 e. The highest BCUT2D eigenvalue weighted by atomic mass is 16.3. The van der Waals surface area contributed by atoms with Gasteiger partial charge < -0.3 is 5.11 Å². The van der Waals surface area contributed by atoms with Gasteiger partial charge in [-0.05, 0) is 34.4 Å². The molecule has 1 heteroatoms. The van der Waals surface area contributed by atoms with Crippen LogP contribution in [0.15, 0.2) is 66.7 Å². The van der Waals surface area contributed by atoms with Gasteiger partial charge in [-0.1, -0.05) is 73.7 Å². The monoisotopic (exact) mass is 276 g/mol. The summed E-state index contributed by atoms with van der Waals surface area (Å²) in [6.45, 7) is 4.19. The number of aryl methyl sites for hydroxylation is 1. The minimum atomic E-state index is -0.502. The molecule has 3 aromatic rings. The van der Waals surface area contributed by atoms with Crippen molar-refractivity contribution in [1.82, 2.24) is 0 Å². The van der Waals surface area contributed by atoms with Crippen LogP contribution in [0, 0.1) is 6.92 Å². The van der Waals surface area contributed by atoms with Crippen molar-refractivity contribution in [3.05, 3.63) is 83.4 Å². The Kier molecular flexibility index (Phi) is 3.76. The number of aliphatic hydroxyl groups excluding tert-OH is 1. The molecular weight excluding hydrogens is 256 g/mol. The van der Waals surface area contributed by atoms with Gasteiger partial charge in [-0.15, -0.1) is 0 Å². The standard InChI is InChI=1S/C20H20O/c1-14-12-13-19(18-11-7-6-10-17(14)18)20(21)15(2)16-8-4-3-5-9-16/h3-13,15,20-21H,1-2H3. The molecule has 1 N–H and O–H groups in total. The zero-order valence-electron chi connectivity index (χ0n) is 12.5. The summed E-state index contributed by atoms with van der Waals surface area (Å²) < 4.78 is 0. The maximum absolute atomic E-state index is 10.8. The van der Waals surface area contributed by atoms with Gasteiger partial charge in [0.2, 0.25) is 0 Å². The van der Waals surface area contributed by atoms with E-state index in [0.717, 1.165) is 16.5 Å². The molecule has 0 radical (unpaired) electrons. The van der Waals surface area contributed by atoms with Crippen LogP contribution in [-0.4, -0.2) is 5.11 Å². The van der Waals surface area contributed by atoms with E-state index in [0.29, 0.717) is 0 Å². The van der Waals surface area contributed by atoms with Crippen LogP contribution < -0.4 is 0 Å². The molecule has 0 aromatic heterocycles. The van der Waals surface area contributed by atoms with E-state index in [2.05, 4.69) is 50.2 Å². The lowest BCUT2D eigenvalue weighted by atomic mass is 9.87. The molecule has 0 saturated carbocycles. The van der Waals surface area contributed by atoms with Crippen molar-refractivity contribution < 1.29 is 5.11 Å². The minimum absolute atomic E-state index is 0.0670. The highest BCUT2D eigenvalue weighted by Gasteiger charge is 2.20. The zero-order valence-corrected chi connectivity index (χ0v) is 12.5. The third-order valence-electron chi connectivity index (χ3n) is 4.29. The predicted molar refractivity (Wildman–Crippen MR) is 88.5 cm³/mol. The Morgan fingerprint density at radius 3 is 2.10 bits per heavy atom. The molecule has 2 unspecified atom stereocenters. The van der Waals surface area contributed by atoms with E-state index in [1.807, 2.05) is 30.3 Å². The zero-order chi connectivity index (χ0) is 14.8. The van der Waals surface area contributed by atoms with Gasteiger partial charge in [0.15, 0.2) is 0 Å². The van der Waals surface area contributed by atoms with Crippen molar-refractivity contribution in [2.75, 3.05) is 0 Å². The Balaban J connectivity index is 2.06. The Morgan fingerprint density at radius 2 is 1.38 bits per heavy atom. The molecule has 3 aromatic carbocycles. The van der Waals surface area contributed by atoms with Crippen molar-refractivity contribution >= 4 is 10.8 Å². The normalized spacial score (nSPS) is 14.0. The van der Waals surface area contributed by atoms with Crippen molar-refractivity contribution in [1.29, 1.82) is 0 Å². The molecule has 0 aliphatic heterocycles. The van der Waals surface area contributed by atoms with Gasteiger partial charge in [0.25, 0.3) is 0 Å². The van der Waals surface area contributed by atoms with Crippen LogP contribution in [-0.2, 0) is 0 Å². The fourth-order valence-corrected chi connectivity index (χ4v) is 2.94. The quantitative estimate of drug-likeness (QED) is 0.715. The first kappa shape index (κ1) is 13.8. The summed E-state index contributed by atoms with van der Waals surface area (Å²) in [6.07, 6.45) is -0.502. The van der Waals surface area contributed by atoms with Gasteiger partial charge >= 0.3 is 0 Å². The number of rotatable bonds is 3. The molecule has 0 bridgehead atoms. The van der Waals surface area contributed by atoms with Crippen LogP contribution in [0.5, 0.6) is 0 Å². The number of hydrogen-bond acceptors (Lipinski definition) is 1. The summed E-state index contributed by atoms with van der Waals surface area (Å²) in [6, 6.07) is 22.6. The molecule has 2 atom stereocenters. The second-order valence-electron chi connectivity index (χ2n) is 5.66. The number of fused-ring (bicyclic) bond motifs is 1. The molecule has 0 saturated heterocycles. The van der Waals surface area contributed by atoms with Gasteiger partial charge in [0.1, 0.15) is 0 Å². The van der Waals surface area contributed by atoms with Crippen LogP contribution in [0.25, 0.3) is 10.8 Å². The molecular formula is C20H20O. The van der Waals surface area contributed by atoms with Gasteiger partial charge in [0.05, 0.1) is 6.10 Å². The van der Waals surface area contributed by atoms with Gasteiger partial charge in [-0.2, -0.15) is 0 Å². The highest BCUT2D eigenvalue weighted by molar-refractivity contribution is 5.88. The lowest BCUT2D eigenvalue weighted by Gasteiger charge is -2.21. The maximum atomic E-state index is 10.8. The van der Waals surface area contributed by atoms with Crippen LogP contribution >= 0.6 is 0 Å². The molecule has 0 aliphatic rings. The molecule has 0 spiro atoms. The second-order valence-corrected chi connectivity index (χ2v) is 5.66. The van der Waals surface area contributed by atoms with Crippen molar-refractivity contribution in [2.24, 2.45) is 0 Å². The van der Waals surface area contributed by atoms with Crippen molar-refractivity contribution in [2.45, 2.75) is 25.9 Å². The van der Waals surface area contributed by atoms with E-state index in [-0.39, 0.29) is 5.92 Å². The summed E-state index contributed by atoms with van der Waals surface area (Å²) in [5.41, 5.74) is 3.41. The van der Waals surface area contributed by atoms with E-state index < -0.39 is 6.10 Å². The summed E-state index contributed by atoms with van der Waals surface area (Å²) in [4.78, 5) is 0. The molecule has 1 nitrogen and oxygen atoms in total. The van der Waals surface area contributed by atoms with E-state index >= 15 is 0 Å². The van der Waals surface area contributed by atoms with Crippen LogP contribution in [0.1, 0.15) is 35.6 Å². The molecule has 0 fully saturated rings. The first-order chi connectivity index (χ1) is 10.2. The first-order valence-corrected chi connectivity index (χ1v) is 7.39. The Morgan fingerprint density at radius 1 is 0.762 bits per heavy atom. The number of aliphatic hydroxyl groups is 1. The summed E-state index contributed by atoms with van der Waals surface area (Å²) >= 11 is 0. The van der Waals surface area contributed by atoms with Gasteiger partial charge in [-0.3, -0.25) is 0 Å².